The monoisotopic (exact) mass is 325 g/mol. The number of aliphatic imine (C=N–C) groups is 1. The maximum Gasteiger partial charge on any atom is 0.129 e. The van der Waals surface area contributed by atoms with Gasteiger partial charge in [0.15, 0.2) is 0 Å². The van der Waals surface area contributed by atoms with Gasteiger partial charge in [0.05, 0.1) is 5.69 Å². The van der Waals surface area contributed by atoms with Crippen LogP contribution in [-0.2, 0) is 0 Å². The van der Waals surface area contributed by atoms with Crippen molar-refractivity contribution in [2.45, 2.75) is 26.6 Å². The minimum absolute atomic E-state index is 0.719. The predicted molar refractivity (Wildman–Crippen MR) is 100.0 cm³/mol. The zero-order chi connectivity index (χ0) is 16.2. The zero-order valence-corrected chi connectivity index (χ0v) is 15.2. The van der Waals surface area contributed by atoms with Crippen molar-refractivity contribution in [3.05, 3.63) is 64.7 Å². The van der Waals surface area contributed by atoms with Crippen LogP contribution in [0.25, 0.3) is 0 Å². The molecule has 2 aromatic rings. The fourth-order valence-corrected chi connectivity index (χ4v) is 2.39. The van der Waals surface area contributed by atoms with Gasteiger partial charge >= 0.3 is 0 Å². The molecule has 0 bridgehead atoms. The Labute approximate surface area is 139 Å². The molecule has 0 aromatic heterocycles. The molecule has 0 aliphatic carbocycles. The summed E-state index contributed by atoms with van der Waals surface area (Å²) < 4.78 is 0. The van der Waals surface area contributed by atoms with Gasteiger partial charge in [0.25, 0.3) is 0 Å². The summed E-state index contributed by atoms with van der Waals surface area (Å²) in [5.41, 5.74) is 7.32. The average molecular weight is 326 g/mol. The Balaban J connectivity index is 2.46. The first-order chi connectivity index (χ1) is 10.3. The van der Waals surface area contributed by atoms with E-state index in [1.54, 1.807) is 0 Å². The van der Waals surface area contributed by atoms with Gasteiger partial charge in [-0.3, -0.25) is 0 Å². The lowest BCUT2D eigenvalue weighted by molar-refractivity contribution is 1.43. The highest BCUT2D eigenvalue weighted by Crippen LogP contribution is 2.16. The minimum atomic E-state index is -1.46. The van der Waals surface area contributed by atoms with Crippen molar-refractivity contribution in [3.63, 3.8) is 0 Å². The molecule has 0 atom stereocenters. The lowest BCUT2D eigenvalue weighted by Gasteiger charge is -2.05. The molecular weight excluding hydrogens is 306 g/mol. The Hall–Kier alpha value is -1.82. The van der Waals surface area contributed by atoms with E-state index in [0.717, 1.165) is 22.0 Å². The van der Waals surface area contributed by atoms with Crippen LogP contribution in [0.5, 0.6) is 0 Å². The zero-order valence-electron chi connectivity index (χ0n) is 13.4. The van der Waals surface area contributed by atoms with Crippen LogP contribution in [0.3, 0.4) is 0 Å². The first kappa shape index (κ1) is 16.5. The molecule has 3 heteroatoms. The van der Waals surface area contributed by atoms with E-state index in [-0.39, 0.29) is 0 Å². The normalized spacial score (nSPS) is 11.8. The number of aryl methyl sites for hydroxylation is 1. The van der Waals surface area contributed by atoms with E-state index in [4.69, 9.17) is 16.6 Å². The molecule has 2 rings (SSSR count). The second kappa shape index (κ2) is 6.96. The van der Waals surface area contributed by atoms with E-state index in [2.05, 4.69) is 50.2 Å². The highest BCUT2D eigenvalue weighted by atomic mass is 35.5. The van der Waals surface area contributed by atoms with E-state index >= 15 is 0 Å². The van der Waals surface area contributed by atoms with E-state index in [9.17, 15) is 0 Å². The summed E-state index contributed by atoms with van der Waals surface area (Å²) in [5.74, 6) is 3.28. The van der Waals surface area contributed by atoms with Crippen LogP contribution in [0.1, 0.15) is 11.1 Å². The largest absolute Gasteiger partial charge is 0.239 e. The van der Waals surface area contributed by atoms with Gasteiger partial charge < -0.3 is 0 Å². The van der Waals surface area contributed by atoms with E-state index in [1.165, 1.54) is 5.56 Å². The molecule has 0 amide bonds. The molecule has 22 heavy (non-hydrogen) atoms. The number of hydrogen-bond acceptors (Lipinski definition) is 1. The molecular formula is C19H20ClNSi. The molecule has 2 aromatic carbocycles. The van der Waals surface area contributed by atoms with Gasteiger partial charge in [0.1, 0.15) is 13.8 Å². The van der Waals surface area contributed by atoms with Gasteiger partial charge in [-0.25, -0.2) is 4.99 Å². The van der Waals surface area contributed by atoms with Gasteiger partial charge in [-0.1, -0.05) is 67.0 Å². The molecule has 0 aliphatic heterocycles. The Morgan fingerprint density at radius 3 is 2.09 bits per heavy atom. The maximum absolute atomic E-state index is 5.97. The summed E-state index contributed by atoms with van der Waals surface area (Å²) in [5, 5.41) is 0.719. The Morgan fingerprint density at radius 2 is 1.55 bits per heavy atom. The molecule has 112 valence electrons. The topological polar surface area (TPSA) is 12.4 Å². The number of benzene rings is 2. The molecule has 1 nitrogen and oxygen atoms in total. The second-order valence-corrected chi connectivity index (χ2v) is 11.5. The quantitative estimate of drug-likeness (QED) is 0.384. The SMILES string of the molecule is Cc1ccc(N=C(C#C[Si](C)(C)C)c2ccc(Cl)cc2)cc1. The summed E-state index contributed by atoms with van der Waals surface area (Å²) in [7, 11) is -1.46. The highest BCUT2D eigenvalue weighted by Gasteiger charge is 2.09. The lowest BCUT2D eigenvalue weighted by Crippen LogP contribution is -2.17. The third kappa shape index (κ3) is 5.18. The molecule has 0 fully saturated rings. The number of nitrogens with zero attached hydrogens (tertiary/aromatic N) is 1. The van der Waals surface area contributed by atoms with E-state index in [0.29, 0.717) is 0 Å². The van der Waals surface area contributed by atoms with Crippen LogP contribution >= 0.6 is 11.6 Å². The molecule has 0 heterocycles. The molecule has 0 spiro atoms. The Bertz CT molecular complexity index is 726. The smallest absolute Gasteiger partial charge is 0.129 e. The Morgan fingerprint density at radius 1 is 0.955 bits per heavy atom. The van der Waals surface area contributed by atoms with Crippen molar-refractivity contribution in [1.82, 2.24) is 0 Å². The number of hydrogen-bond donors (Lipinski definition) is 0. The summed E-state index contributed by atoms with van der Waals surface area (Å²) >= 11 is 5.97. The maximum atomic E-state index is 5.97. The van der Waals surface area contributed by atoms with Crippen molar-refractivity contribution >= 4 is 31.1 Å². The van der Waals surface area contributed by atoms with E-state index < -0.39 is 8.07 Å². The molecule has 0 radical (unpaired) electrons. The van der Waals surface area contributed by atoms with Crippen LogP contribution in [-0.4, -0.2) is 13.8 Å². The molecule has 0 unspecified atom stereocenters. The van der Waals surface area contributed by atoms with Crippen molar-refractivity contribution in [2.75, 3.05) is 0 Å². The van der Waals surface area contributed by atoms with Crippen LogP contribution in [0.2, 0.25) is 24.7 Å². The first-order valence-corrected chi connectivity index (χ1v) is 11.2. The summed E-state index contributed by atoms with van der Waals surface area (Å²) in [4.78, 5) is 4.72. The fourth-order valence-electron chi connectivity index (χ4n) is 1.77. The van der Waals surface area contributed by atoms with Crippen molar-refractivity contribution in [1.29, 1.82) is 0 Å². The van der Waals surface area contributed by atoms with Gasteiger partial charge in [0.2, 0.25) is 0 Å². The third-order valence-corrected chi connectivity index (χ3v) is 4.08. The lowest BCUT2D eigenvalue weighted by atomic mass is 10.1. The molecule has 0 aliphatic rings. The highest BCUT2D eigenvalue weighted by molar-refractivity contribution is 6.84. The predicted octanol–water partition coefficient (Wildman–Crippen LogP) is 5.65. The van der Waals surface area contributed by atoms with Gasteiger partial charge in [-0.05, 0) is 31.2 Å². The summed E-state index contributed by atoms with van der Waals surface area (Å²) in [6.45, 7) is 8.75. The van der Waals surface area contributed by atoms with Crippen LogP contribution in [0.15, 0.2) is 53.5 Å². The van der Waals surface area contributed by atoms with E-state index in [1.807, 2.05) is 36.4 Å². The van der Waals surface area contributed by atoms with Gasteiger partial charge in [-0.15, -0.1) is 5.54 Å². The number of rotatable bonds is 2. The minimum Gasteiger partial charge on any atom is -0.239 e. The molecule has 0 saturated heterocycles. The van der Waals surface area contributed by atoms with Crippen LogP contribution in [0.4, 0.5) is 5.69 Å². The first-order valence-electron chi connectivity index (χ1n) is 7.28. The van der Waals surface area contributed by atoms with Gasteiger partial charge in [0, 0.05) is 10.6 Å². The Kier molecular flexibility index (Phi) is 5.23. The summed E-state index contributed by atoms with van der Waals surface area (Å²) in [6, 6.07) is 15.8. The summed E-state index contributed by atoms with van der Waals surface area (Å²) in [6.07, 6.45) is 0. The third-order valence-electron chi connectivity index (χ3n) is 2.95. The molecule has 0 N–H and O–H groups in total. The number of halogens is 1. The van der Waals surface area contributed by atoms with Crippen molar-refractivity contribution < 1.29 is 0 Å². The van der Waals surface area contributed by atoms with Crippen LogP contribution < -0.4 is 0 Å². The van der Waals surface area contributed by atoms with Crippen molar-refractivity contribution in [2.24, 2.45) is 4.99 Å². The average Bonchev–Trinajstić information content (AvgIpc) is 2.45. The van der Waals surface area contributed by atoms with Crippen molar-refractivity contribution in [3.8, 4) is 11.5 Å². The standard InChI is InChI=1S/C19H20ClNSi/c1-15-5-11-18(12-6-15)21-19(13-14-22(2,3)4)16-7-9-17(20)10-8-16/h5-12H,1-4H3. The second-order valence-electron chi connectivity index (χ2n) is 6.30. The van der Waals surface area contributed by atoms with Gasteiger partial charge in [-0.2, -0.15) is 0 Å². The fraction of sp³-hybridized carbons (Fsp3) is 0.211. The molecule has 0 saturated carbocycles. The van der Waals surface area contributed by atoms with Crippen LogP contribution in [0, 0.1) is 18.4 Å².